The van der Waals surface area contributed by atoms with Gasteiger partial charge in [0.1, 0.15) is 18.3 Å². The molecule has 1 aromatic heterocycles. The van der Waals surface area contributed by atoms with Crippen LogP contribution in [0.25, 0.3) is 0 Å². The molecule has 12 nitrogen and oxygen atoms in total. The lowest BCUT2D eigenvalue weighted by molar-refractivity contribution is -0.118. The first-order chi connectivity index (χ1) is 11.2. The number of phosphoric acid groups is 1. The van der Waals surface area contributed by atoms with Crippen LogP contribution < -0.4 is 5.32 Å². The molecule has 13 heteroatoms. The molecule has 1 saturated heterocycles. The lowest BCUT2D eigenvalue weighted by atomic mass is 10.1. The molecule has 0 unspecified atom stereocenters. The second-order valence-electron chi connectivity index (χ2n) is 5.26. The number of carbonyl (C=O) groups excluding carboxylic acids is 1. The molecule has 0 radical (unpaired) electrons. The van der Waals surface area contributed by atoms with Gasteiger partial charge in [0.25, 0.3) is 0 Å². The van der Waals surface area contributed by atoms with Gasteiger partial charge in [-0.3, -0.25) is 9.32 Å². The minimum absolute atomic E-state index is 0.173. The third-order valence-corrected chi connectivity index (χ3v) is 3.80. The van der Waals surface area contributed by atoms with Crippen LogP contribution in [0.15, 0.2) is 6.20 Å². The lowest BCUT2D eigenvalue weighted by Gasteiger charge is -2.14. The van der Waals surface area contributed by atoms with Gasteiger partial charge < -0.3 is 30.1 Å². The standard InChI is InChI=1S/C11H19N4O8P/c1-6(16)12-3-2-7-4-15(14-13-7)11-10(18)9(17)8(23-11)5-22-24(19,20)21/h4,8-11,17-18H,2-3,5H2,1H3,(H,12,16)(H2,19,20,21)/t8-,9-,10-,11-/m1/s1. The van der Waals surface area contributed by atoms with E-state index < -0.39 is 39.0 Å². The van der Waals surface area contributed by atoms with Crippen molar-refractivity contribution in [3.63, 3.8) is 0 Å². The summed E-state index contributed by atoms with van der Waals surface area (Å²) in [7, 11) is -4.71. The van der Waals surface area contributed by atoms with Crippen LogP contribution in [0.4, 0.5) is 0 Å². The van der Waals surface area contributed by atoms with E-state index in [1.54, 1.807) is 0 Å². The molecule has 4 atom stereocenters. The second-order valence-corrected chi connectivity index (χ2v) is 6.49. The van der Waals surface area contributed by atoms with Crippen LogP contribution in [0, 0.1) is 0 Å². The van der Waals surface area contributed by atoms with E-state index in [1.807, 2.05) is 0 Å². The SMILES string of the molecule is CC(=O)NCCc1cn([C@@H]2O[C@H](COP(=O)(O)O)[C@@H](O)[C@H]2O)nn1. The molecule has 2 heterocycles. The van der Waals surface area contributed by atoms with Crippen LogP contribution >= 0.6 is 7.82 Å². The minimum Gasteiger partial charge on any atom is -0.387 e. The first-order valence-corrected chi connectivity index (χ1v) is 8.57. The summed E-state index contributed by atoms with van der Waals surface area (Å²) in [5.41, 5.74) is 0.531. The fraction of sp³-hybridized carbons (Fsp3) is 0.727. The number of aromatic nitrogens is 3. The third-order valence-electron chi connectivity index (χ3n) is 3.32. The van der Waals surface area contributed by atoms with Crippen molar-refractivity contribution in [2.24, 2.45) is 0 Å². The Hall–Kier alpha value is -1.40. The molecular weight excluding hydrogens is 347 g/mol. The van der Waals surface area contributed by atoms with Gasteiger partial charge in [0.05, 0.1) is 18.5 Å². The van der Waals surface area contributed by atoms with Crippen molar-refractivity contribution in [2.45, 2.75) is 37.9 Å². The molecule has 136 valence electrons. The number of phosphoric ester groups is 1. The number of aliphatic hydroxyl groups excluding tert-OH is 2. The Kier molecular flexibility index (Phi) is 6.04. The van der Waals surface area contributed by atoms with Crippen LogP contribution in [-0.2, 0) is 25.0 Å². The molecule has 1 aliphatic heterocycles. The third kappa shape index (κ3) is 5.05. The van der Waals surface area contributed by atoms with E-state index >= 15 is 0 Å². The number of hydrogen-bond donors (Lipinski definition) is 5. The van der Waals surface area contributed by atoms with Gasteiger partial charge in [-0.15, -0.1) is 5.10 Å². The second kappa shape index (κ2) is 7.66. The van der Waals surface area contributed by atoms with Crippen molar-refractivity contribution < 1.29 is 38.6 Å². The molecule has 5 N–H and O–H groups in total. The maximum atomic E-state index is 10.8. The summed E-state index contributed by atoms with van der Waals surface area (Å²) >= 11 is 0. The van der Waals surface area contributed by atoms with Crippen molar-refractivity contribution in [1.82, 2.24) is 20.3 Å². The summed E-state index contributed by atoms with van der Waals surface area (Å²) in [6, 6.07) is 0. The molecule has 1 aliphatic rings. The first kappa shape index (κ1) is 18.9. The summed E-state index contributed by atoms with van der Waals surface area (Å²) in [4.78, 5) is 28.1. The Labute approximate surface area is 136 Å². The van der Waals surface area contributed by atoms with Crippen molar-refractivity contribution in [3.05, 3.63) is 11.9 Å². The van der Waals surface area contributed by atoms with E-state index in [0.29, 0.717) is 18.7 Å². The zero-order valence-corrected chi connectivity index (χ0v) is 13.6. The maximum Gasteiger partial charge on any atom is 0.469 e. The highest BCUT2D eigenvalue weighted by Crippen LogP contribution is 2.38. The summed E-state index contributed by atoms with van der Waals surface area (Å²) in [6.07, 6.45) is -3.10. The minimum atomic E-state index is -4.71. The smallest absolute Gasteiger partial charge is 0.387 e. The van der Waals surface area contributed by atoms with Crippen LogP contribution in [0.3, 0.4) is 0 Å². The number of nitrogens with one attached hydrogen (secondary N) is 1. The van der Waals surface area contributed by atoms with Gasteiger partial charge >= 0.3 is 7.82 Å². The van der Waals surface area contributed by atoms with Gasteiger partial charge in [-0.1, -0.05) is 5.21 Å². The number of hydrogen-bond acceptors (Lipinski definition) is 8. The topological polar surface area (TPSA) is 176 Å². The van der Waals surface area contributed by atoms with Gasteiger partial charge in [0, 0.05) is 19.9 Å². The first-order valence-electron chi connectivity index (χ1n) is 7.04. The molecule has 0 spiro atoms. The normalized spacial score (nSPS) is 27.4. The molecule has 1 aromatic rings. The number of nitrogens with zero attached hydrogens (tertiary/aromatic N) is 3. The van der Waals surface area contributed by atoms with E-state index in [1.165, 1.54) is 17.8 Å². The van der Waals surface area contributed by atoms with E-state index in [9.17, 15) is 19.6 Å². The quantitative estimate of drug-likeness (QED) is 0.329. The average Bonchev–Trinajstić information content (AvgIpc) is 3.03. The zero-order chi connectivity index (χ0) is 17.9. The number of ether oxygens (including phenoxy) is 1. The Bertz CT molecular complexity index is 619. The van der Waals surface area contributed by atoms with Gasteiger partial charge in [0.15, 0.2) is 6.23 Å². The van der Waals surface area contributed by atoms with E-state index in [4.69, 9.17) is 14.5 Å². The van der Waals surface area contributed by atoms with Gasteiger partial charge in [0.2, 0.25) is 5.91 Å². The lowest BCUT2D eigenvalue weighted by Crippen LogP contribution is -2.33. The monoisotopic (exact) mass is 366 g/mol. The molecule has 1 amide bonds. The molecule has 0 saturated carbocycles. The van der Waals surface area contributed by atoms with Crippen molar-refractivity contribution in [3.8, 4) is 0 Å². The Balaban J connectivity index is 1.95. The Morgan fingerprint density at radius 1 is 1.46 bits per heavy atom. The average molecular weight is 366 g/mol. The van der Waals surface area contributed by atoms with E-state index in [2.05, 4.69) is 20.2 Å². The van der Waals surface area contributed by atoms with Crippen molar-refractivity contribution in [1.29, 1.82) is 0 Å². The highest BCUT2D eigenvalue weighted by molar-refractivity contribution is 7.46. The molecular formula is C11H19N4O8P. The molecule has 1 fully saturated rings. The fourth-order valence-corrected chi connectivity index (χ4v) is 2.52. The largest absolute Gasteiger partial charge is 0.469 e. The van der Waals surface area contributed by atoms with Crippen LogP contribution in [0.1, 0.15) is 18.8 Å². The Morgan fingerprint density at radius 2 is 2.17 bits per heavy atom. The highest BCUT2D eigenvalue weighted by Gasteiger charge is 2.45. The summed E-state index contributed by atoms with van der Waals surface area (Å²) < 4.78 is 21.5. The summed E-state index contributed by atoms with van der Waals surface area (Å²) in [5.74, 6) is -0.173. The molecule has 0 aliphatic carbocycles. The summed E-state index contributed by atoms with van der Waals surface area (Å²) in [6.45, 7) is 1.16. The molecule has 0 aromatic carbocycles. The van der Waals surface area contributed by atoms with E-state index in [-0.39, 0.29) is 5.91 Å². The van der Waals surface area contributed by atoms with Gasteiger partial charge in [-0.2, -0.15) is 0 Å². The molecule has 24 heavy (non-hydrogen) atoms. The van der Waals surface area contributed by atoms with Crippen LogP contribution in [-0.4, -0.2) is 72.4 Å². The summed E-state index contributed by atoms with van der Waals surface area (Å²) in [5, 5.41) is 30.1. The van der Waals surface area contributed by atoms with Crippen molar-refractivity contribution >= 4 is 13.7 Å². The fourth-order valence-electron chi connectivity index (χ4n) is 2.17. The van der Waals surface area contributed by atoms with Crippen LogP contribution in [0.2, 0.25) is 0 Å². The molecule has 0 bridgehead atoms. The van der Waals surface area contributed by atoms with Crippen molar-refractivity contribution in [2.75, 3.05) is 13.2 Å². The Morgan fingerprint density at radius 3 is 2.79 bits per heavy atom. The predicted molar refractivity (Wildman–Crippen MR) is 76.3 cm³/mol. The zero-order valence-electron chi connectivity index (χ0n) is 12.7. The predicted octanol–water partition coefficient (Wildman–Crippen LogP) is -2.31. The van der Waals surface area contributed by atoms with Crippen LogP contribution in [0.5, 0.6) is 0 Å². The number of carbonyl (C=O) groups is 1. The number of aliphatic hydroxyl groups is 2. The highest BCUT2D eigenvalue weighted by atomic mass is 31.2. The number of amides is 1. The van der Waals surface area contributed by atoms with Gasteiger partial charge in [-0.05, 0) is 0 Å². The van der Waals surface area contributed by atoms with E-state index in [0.717, 1.165) is 0 Å². The maximum absolute atomic E-state index is 10.8. The molecule has 2 rings (SSSR count). The number of rotatable bonds is 7. The van der Waals surface area contributed by atoms with Gasteiger partial charge in [-0.25, -0.2) is 9.25 Å².